The molecule has 0 bridgehead atoms. The third-order valence-corrected chi connectivity index (χ3v) is 12.0. The minimum Gasteiger partial charge on any atom is -0.545 e. The number of nitrogens with zero attached hydrogens (tertiary/aromatic N) is 1. The summed E-state index contributed by atoms with van der Waals surface area (Å²) in [7, 11) is 5.88. The molecule has 0 aliphatic carbocycles. The van der Waals surface area contributed by atoms with E-state index in [9.17, 15) is 19.5 Å². The van der Waals surface area contributed by atoms with Crippen LogP contribution >= 0.6 is 0 Å². The zero-order valence-electron chi connectivity index (χ0n) is 47.2. The highest BCUT2D eigenvalue weighted by molar-refractivity contribution is 5.71. The van der Waals surface area contributed by atoms with E-state index in [1.807, 2.05) is 33.3 Å². The third kappa shape index (κ3) is 55.5. The minimum absolute atomic E-state index is 0.0121. The summed E-state index contributed by atoms with van der Waals surface area (Å²) in [6, 6.07) is 0. The summed E-state index contributed by atoms with van der Waals surface area (Å²) in [6.07, 6.45) is 71.9. The number of esters is 2. The molecule has 9 nitrogen and oxygen atoms in total. The number of allylic oxidation sites excluding steroid dienone is 17. The molecule has 0 amide bonds. The Morgan fingerprint density at radius 1 is 0.425 bits per heavy atom. The summed E-state index contributed by atoms with van der Waals surface area (Å²) in [5, 5.41) is 11.7. The molecule has 0 rings (SSSR count). The summed E-state index contributed by atoms with van der Waals surface area (Å²) in [4.78, 5) is 37.1. The largest absolute Gasteiger partial charge is 0.545 e. The lowest BCUT2D eigenvalue weighted by molar-refractivity contribution is -0.870. The Morgan fingerprint density at radius 2 is 0.781 bits per heavy atom. The maximum absolute atomic E-state index is 12.7. The van der Waals surface area contributed by atoms with Crippen LogP contribution in [0.3, 0.4) is 0 Å². The summed E-state index contributed by atoms with van der Waals surface area (Å²) in [6.45, 7) is 4.40. The maximum atomic E-state index is 12.7. The van der Waals surface area contributed by atoms with Crippen molar-refractivity contribution in [1.29, 1.82) is 0 Å². The molecule has 0 aromatic rings. The van der Waals surface area contributed by atoms with Crippen molar-refractivity contribution < 1.29 is 42.9 Å². The van der Waals surface area contributed by atoms with Crippen LogP contribution in [-0.4, -0.2) is 82.3 Å². The molecule has 0 saturated heterocycles. The molecule has 2 atom stereocenters. The van der Waals surface area contributed by atoms with Crippen molar-refractivity contribution in [2.24, 2.45) is 0 Å². The van der Waals surface area contributed by atoms with Gasteiger partial charge in [0.2, 0.25) is 0 Å². The molecule has 9 heteroatoms. The van der Waals surface area contributed by atoms with Crippen LogP contribution in [0.4, 0.5) is 0 Å². The summed E-state index contributed by atoms with van der Waals surface area (Å²) in [5.41, 5.74) is 0. The molecule has 0 aliphatic rings. The first kappa shape index (κ1) is 69.0. The Hall–Kier alpha value is -4.05. The van der Waals surface area contributed by atoms with E-state index in [4.69, 9.17) is 18.9 Å². The van der Waals surface area contributed by atoms with E-state index >= 15 is 0 Å². The van der Waals surface area contributed by atoms with Crippen molar-refractivity contribution in [3.8, 4) is 0 Å². The van der Waals surface area contributed by atoms with Gasteiger partial charge in [-0.25, -0.2) is 0 Å². The fourth-order valence-electron chi connectivity index (χ4n) is 7.66. The molecule has 0 aliphatic heterocycles. The van der Waals surface area contributed by atoms with Crippen LogP contribution in [0, 0.1) is 0 Å². The molecular weight excluding hydrogens is 911 g/mol. The molecule has 73 heavy (non-hydrogen) atoms. The number of hydrogen-bond donors (Lipinski definition) is 0. The van der Waals surface area contributed by atoms with E-state index in [0.29, 0.717) is 17.4 Å². The van der Waals surface area contributed by atoms with Gasteiger partial charge >= 0.3 is 11.9 Å². The van der Waals surface area contributed by atoms with E-state index in [-0.39, 0.29) is 38.6 Å². The fraction of sp³-hybridized carbons (Fsp3) is 0.672. The van der Waals surface area contributed by atoms with Gasteiger partial charge in [0, 0.05) is 6.42 Å². The Morgan fingerprint density at radius 3 is 1.16 bits per heavy atom. The Labute approximate surface area is 447 Å². The molecule has 416 valence electrons. The number of carboxylic acids is 1. The predicted octanol–water partition coefficient (Wildman–Crippen LogP) is 15.8. The molecular formula is C64H107NO8. The summed E-state index contributed by atoms with van der Waals surface area (Å²) < 4.78 is 22.5. The van der Waals surface area contributed by atoms with Crippen molar-refractivity contribution >= 4 is 17.9 Å². The zero-order valence-corrected chi connectivity index (χ0v) is 47.2. The highest BCUT2D eigenvalue weighted by atomic mass is 16.7. The van der Waals surface area contributed by atoms with E-state index in [2.05, 4.69) is 105 Å². The van der Waals surface area contributed by atoms with Crippen LogP contribution in [0.1, 0.15) is 219 Å². The lowest BCUT2D eigenvalue weighted by Gasteiger charge is -2.26. The van der Waals surface area contributed by atoms with Crippen LogP contribution in [0.15, 0.2) is 109 Å². The van der Waals surface area contributed by atoms with Crippen LogP contribution < -0.4 is 5.11 Å². The molecule has 0 aromatic carbocycles. The van der Waals surface area contributed by atoms with Gasteiger partial charge in [0.15, 0.2) is 12.4 Å². The molecule has 0 N–H and O–H groups in total. The van der Waals surface area contributed by atoms with E-state index < -0.39 is 24.3 Å². The molecule has 0 fully saturated rings. The number of unbranched alkanes of at least 4 members (excludes halogenated alkanes) is 20. The molecule has 2 unspecified atom stereocenters. The van der Waals surface area contributed by atoms with Gasteiger partial charge in [-0.2, -0.15) is 0 Å². The van der Waals surface area contributed by atoms with Crippen LogP contribution in [0.25, 0.3) is 0 Å². The highest BCUT2D eigenvalue weighted by Gasteiger charge is 2.21. The second kappa shape index (κ2) is 54.2. The smallest absolute Gasteiger partial charge is 0.310 e. The van der Waals surface area contributed by atoms with Gasteiger partial charge in [-0.15, -0.1) is 0 Å². The van der Waals surface area contributed by atoms with E-state index in [0.717, 1.165) is 70.6 Å². The van der Waals surface area contributed by atoms with Crippen molar-refractivity contribution in [2.75, 3.05) is 47.5 Å². The number of carboxylic acid groups (broad SMARTS) is 1. The van der Waals surface area contributed by atoms with Gasteiger partial charge in [-0.05, 0) is 77.0 Å². The number of quaternary nitrogens is 1. The van der Waals surface area contributed by atoms with Gasteiger partial charge < -0.3 is 33.3 Å². The lowest BCUT2D eigenvalue weighted by Crippen LogP contribution is -2.44. The standard InChI is InChI=1S/C64H107NO8/c1-6-8-10-12-14-16-18-20-22-23-24-25-26-27-28-29-30-31-32-33-34-35-36-37-38-39-41-42-44-46-48-50-52-54-61(66)71-58-60(59-72-64(63(68)69)70-57-56-65(3,4)5)73-62(67)55-53-51-49-47-45-43-40-21-19-17-15-13-11-9-7-2/h8-11,14-17,20-22,24-25,40,45,47,51,53,60,64H,6-7,12-13,18-19,23,26-39,41-44,46,48-50,52,54-59H2,1-5H3/b10-8-,11-9-,16-14-,17-15-,22-20-,25-24-,40-21-,47-45-,53-51-. The molecule has 0 saturated carbocycles. The first-order valence-electron chi connectivity index (χ1n) is 29.0. The Balaban J connectivity index is 4.14. The average molecular weight is 1020 g/mol. The van der Waals surface area contributed by atoms with Gasteiger partial charge in [-0.1, -0.05) is 239 Å². The lowest BCUT2D eigenvalue weighted by atomic mass is 10.0. The number of carbonyl (C=O) groups excluding carboxylic acids is 3. The Bertz CT molecular complexity index is 1560. The highest BCUT2D eigenvalue weighted by Crippen LogP contribution is 2.16. The number of ether oxygens (including phenoxy) is 4. The first-order valence-corrected chi connectivity index (χ1v) is 29.0. The predicted molar refractivity (Wildman–Crippen MR) is 306 cm³/mol. The van der Waals surface area contributed by atoms with Crippen molar-refractivity contribution in [3.05, 3.63) is 109 Å². The van der Waals surface area contributed by atoms with Crippen LogP contribution in [0.2, 0.25) is 0 Å². The van der Waals surface area contributed by atoms with Crippen molar-refractivity contribution in [3.63, 3.8) is 0 Å². The van der Waals surface area contributed by atoms with Gasteiger partial charge in [0.1, 0.15) is 13.2 Å². The molecule has 0 aromatic heterocycles. The summed E-state index contributed by atoms with van der Waals surface area (Å²) >= 11 is 0. The number of likely N-dealkylation sites (N-methyl/N-ethyl adjacent to an activating group) is 1. The normalized spacial score (nSPS) is 13.6. The van der Waals surface area contributed by atoms with Crippen molar-refractivity contribution in [2.45, 2.75) is 232 Å². The van der Waals surface area contributed by atoms with Crippen LogP contribution in [-0.2, 0) is 33.3 Å². The van der Waals surface area contributed by atoms with Crippen molar-refractivity contribution in [1.82, 2.24) is 0 Å². The second-order valence-corrected chi connectivity index (χ2v) is 20.2. The monoisotopic (exact) mass is 1020 g/mol. The van der Waals surface area contributed by atoms with E-state index in [1.165, 1.54) is 116 Å². The first-order chi connectivity index (χ1) is 35.6. The fourth-order valence-corrected chi connectivity index (χ4v) is 7.66. The maximum Gasteiger partial charge on any atom is 0.310 e. The average Bonchev–Trinajstić information content (AvgIpc) is 3.36. The SMILES string of the molecule is CC/C=C\C/C=C\C/C=C\C/C=C\C/C=C\CC(=O)OC(COC(=O)CCCCCCCCCCCCCCCCCCCCCC/C=C\C/C=C\C/C=C\C/C=C\CC)COC(OCC[N+](C)(C)C)C(=O)[O-]. The number of aliphatic carboxylic acids is 1. The third-order valence-electron chi connectivity index (χ3n) is 12.0. The van der Waals surface area contributed by atoms with E-state index in [1.54, 1.807) is 6.08 Å². The van der Waals surface area contributed by atoms with Crippen LogP contribution in [0.5, 0.6) is 0 Å². The number of hydrogen-bond acceptors (Lipinski definition) is 8. The molecule has 0 spiro atoms. The minimum atomic E-state index is -1.65. The molecule has 0 radical (unpaired) electrons. The Kier molecular flexibility index (Phi) is 51.2. The zero-order chi connectivity index (χ0) is 53.4. The topological polar surface area (TPSA) is 111 Å². The second-order valence-electron chi connectivity index (χ2n) is 20.2. The summed E-state index contributed by atoms with van der Waals surface area (Å²) in [5.74, 6) is -2.45. The van der Waals surface area contributed by atoms with Gasteiger partial charge in [0.25, 0.3) is 0 Å². The number of rotatable bonds is 52. The van der Waals surface area contributed by atoms with Gasteiger partial charge in [0.05, 0.1) is 46.7 Å². The quantitative estimate of drug-likeness (QED) is 0.0195. The number of carbonyl (C=O) groups is 3. The van der Waals surface area contributed by atoms with Gasteiger partial charge in [-0.3, -0.25) is 9.59 Å². The molecule has 0 heterocycles.